The minimum absolute atomic E-state index is 0.0920. The molecule has 0 spiro atoms. The minimum Gasteiger partial charge on any atom is -0.496 e. The van der Waals surface area contributed by atoms with Gasteiger partial charge in [0.1, 0.15) is 11.5 Å². The Kier molecular flexibility index (Phi) is 3.00. The molecule has 4 heteroatoms. The smallest absolute Gasteiger partial charge is 0.144 e. The fourth-order valence-electron chi connectivity index (χ4n) is 1.85. The lowest BCUT2D eigenvalue weighted by molar-refractivity contribution is 0.382. The van der Waals surface area contributed by atoms with E-state index in [0.29, 0.717) is 10.8 Å². The third-order valence-electron chi connectivity index (χ3n) is 3.01. The molecule has 0 aliphatic heterocycles. The van der Waals surface area contributed by atoms with Gasteiger partial charge in [0, 0.05) is 11.1 Å². The first-order chi connectivity index (χ1) is 7.59. The Bertz CT molecular complexity index is 402. The summed E-state index contributed by atoms with van der Waals surface area (Å²) in [5.41, 5.74) is 7.00. The van der Waals surface area contributed by atoms with E-state index in [4.69, 9.17) is 26.8 Å². The van der Waals surface area contributed by atoms with Crippen molar-refractivity contribution in [3.05, 3.63) is 22.7 Å². The maximum Gasteiger partial charge on any atom is 0.144 e. The summed E-state index contributed by atoms with van der Waals surface area (Å²) in [6.45, 7) is 0. The van der Waals surface area contributed by atoms with Crippen LogP contribution < -0.4 is 15.2 Å². The van der Waals surface area contributed by atoms with Gasteiger partial charge in [-0.3, -0.25) is 0 Å². The lowest BCUT2D eigenvalue weighted by Crippen LogP contribution is -2.25. The van der Waals surface area contributed by atoms with Crippen LogP contribution in [-0.4, -0.2) is 19.8 Å². The predicted molar refractivity (Wildman–Crippen MR) is 64.4 cm³/mol. The van der Waals surface area contributed by atoms with Gasteiger partial charge in [0.15, 0.2) is 0 Å². The van der Waals surface area contributed by atoms with Gasteiger partial charge in [-0.25, -0.2) is 0 Å². The molecule has 0 unspecified atom stereocenters. The van der Waals surface area contributed by atoms with Crippen LogP contribution in [0.5, 0.6) is 11.5 Å². The molecule has 3 nitrogen and oxygen atoms in total. The van der Waals surface area contributed by atoms with E-state index in [0.717, 1.165) is 30.6 Å². The molecule has 0 aromatic heterocycles. The van der Waals surface area contributed by atoms with Gasteiger partial charge >= 0.3 is 0 Å². The minimum atomic E-state index is -0.0920. The molecule has 0 bridgehead atoms. The normalized spacial score (nSPS) is 17.0. The van der Waals surface area contributed by atoms with Gasteiger partial charge in [0.05, 0.1) is 19.2 Å². The van der Waals surface area contributed by atoms with Crippen molar-refractivity contribution in [3.8, 4) is 11.5 Å². The highest BCUT2D eigenvalue weighted by Gasteiger charge is 2.39. The third-order valence-corrected chi connectivity index (χ3v) is 3.31. The number of rotatable bonds is 4. The largest absolute Gasteiger partial charge is 0.496 e. The molecule has 2 rings (SSSR count). The van der Waals surface area contributed by atoms with Crippen LogP contribution in [0, 0.1) is 0 Å². The van der Waals surface area contributed by atoms with Crippen LogP contribution >= 0.6 is 11.6 Å². The summed E-state index contributed by atoms with van der Waals surface area (Å²) >= 11 is 6.09. The third kappa shape index (κ3) is 2.11. The van der Waals surface area contributed by atoms with Gasteiger partial charge in [0.25, 0.3) is 0 Å². The predicted octanol–water partition coefficient (Wildman–Crippen LogP) is 2.39. The molecule has 16 heavy (non-hydrogen) atoms. The van der Waals surface area contributed by atoms with Crippen LogP contribution in [0.15, 0.2) is 12.1 Å². The summed E-state index contributed by atoms with van der Waals surface area (Å²) in [5.74, 6) is 1.47. The van der Waals surface area contributed by atoms with Crippen LogP contribution in [0.4, 0.5) is 0 Å². The molecule has 0 amide bonds. The summed E-state index contributed by atoms with van der Waals surface area (Å²) in [6.07, 6.45) is 2.84. The molecule has 1 aliphatic carbocycles. The van der Waals surface area contributed by atoms with Crippen LogP contribution in [0.1, 0.15) is 18.4 Å². The van der Waals surface area contributed by atoms with Crippen LogP contribution in [-0.2, 0) is 6.42 Å². The second-order valence-corrected chi connectivity index (χ2v) is 4.71. The molecule has 88 valence electrons. The van der Waals surface area contributed by atoms with Crippen molar-refractivity contribution in [3.63, 3.8) is 0 Å². The number of hydrogen-bond acceptors (Lipinski definition) is 3. The highest BCUT2D eigenvalue weighted by Crippen LogP contribution is 2.43. The summed E-state index contributed by atoms with van der Waals surface area (Å²) in [5, 5.41) is 0.600. The Balaban J connectivity index is 2.41. The number of hydrogen-bond donors (Lipinski definition) is 1. The van der Waals surface area contributed by atoms with Gasteiger partial charge in [0.2, 0.25) is 0 Å². The maximum atomic E-state index is 6.12. The first-order valence-electron chi connectivity index (χ1n) is 5.28. The first kappa shape index (κ1) is 11.6. The van der Waals surface area contributed by atoms with E-state index in [9.17, 15) is 0 Å². The van der Waals surface area contributed by atoms with E-state index in [1.165, 1.54) is 0 Å². The number of benzene rings is 1. The molecule has 0 saturated heterocycles. The lowest BCUT2D eigenvalue weighted by Gasteiger charge is -2.17. The van der Waals surface area contributed by atoms with Gasteiger partial charge in [-0.05, 0) is 31.4 Å². The summed E-state index contributed by atoms with van der Waals surface area (Å²) in [7, 11) is 3.25. The van der Waals surface area contributed by atoms with Crippen molar-refractivity contribution in [2.45, 2.75) is 24.8 Å². The fraction of sp³-hybridized carbons (Fsp3) is 0.500. The van der Waals surface area contributed by atoms with E-state index in [1.54, 1.807) is 20.3 Å². The van der Waals surface area contributed by atoms with Crippen molar-refractivity contribution in [2.24, 2.45) is 5.73 Å². The molecule has 1 aliphatic rings. The lowest BCUT2D eigenvalue weighted by atomic mass is 10.0. The second kappa shape index (κ2) is 4.15. The zero-order valence-corrected chi connectivity index (χ0v) is 10.3. The molecule has 1 fully saturated rings. The Labute approximate surface area is 100 Å². The number of ether oxygens (including phenoxy) is 2. The molecule has 0 heterocycles. The SMILES string of the molecule is COc1ccc(Cl)c(OC)c1CC1(N)CC1. The fourth-order valence-corrected chi connectivity index (χ4v) is 2.10. The summed E-state index contributed by atoms with van der Waals surface area (Å²) < 4.78 is 10.6. The van der Waals surface area contributed by atoms with E-state index in [-0.39, 0.29) is 5.54 Å². The number of methoxy groups -OCH3 is 2. The maximum absolute atomic E-state index is 6.12. The molecule has 1 saturated carbocycles. The van der Waals surface area contributed by atoms with E-state index >= 15 is 0 Å². The molecule has 2 N–H and O–H groups in total. The highest BCUT2D eigenvalue weighted by atomic mass is 35.5. The van der Waals surface area contributed by atoms with Crippen LogP contribution in [0.25, 0.3) is 0 Å². The van der Waals surface area contributed by atoms with Gasteiger partial charge in [-0.2, -0.15) is 0 Å². The first-order valence-corrected chi connectivity index (χ1v) is 5.66. The Morgan fingerprint density at radius 3 is 2.50 bits per heavy atom. The average molecular weight is 242 g/mol. The topological polar surface area (TPSA) is 44.5 Å². The average Bonchev–Trinajstić information content (AvgIpc) is 2.97. The molecule has 0 radical (unpaired) electrons. The van der Waals surface area contributed by atoms with Crippen molar-refractivity contribution in [1.29, 1.82) is 0 Å². The Hall–Kier alpha value is -0.930. The highest BCUT2D eigenvalue weighted by molar-refractivity contribution is 6.32. The molecule has 1 aromatic carbocycles. The number of halogens is 1. The van der Waals surface area contributed by atoms with Gasteiger partial charge in [-0.1, -0.05) is 11.6 Å². The van der Waals surface area contributed by atoms with Crippen LogP contribution in [0.2, 0.25) is 5.02 Å². The van der Waals surface area contributed by atoms with E-state index in [2.05, 4.69) is 0 Å². The zero-order valence-electron chi connectivity index (χ0n) is 9.55. The van der Waals surface area contributed by atoms with Crippen molar-refractivity contribution < 1.29 is 9.47 Å². The van der Waals surface area contributed by atoms with E-state index < -0.39 is 0 Å². The molecule has 1 aromatic rings. The number of nitrogens with two attached hydrogens (primary N) is 1. The Morgan fingerprint density at radius 1 is 1.31 bits per heavy atom. The van der Waals surface area contributed by atoms with Crippen molar-refractivity contribution >= 4 is 11.6 Å². The standard InChI is InChI=1S/C12H16ClNO2/c1-15-10-4-3-9(13)11(16-2)8(10)7-12(14)5-6-12/h3-4H,5-7,14H2,1-2H3. The van der Waals surface area contributed by atoms with Gasteiger partial charge < -0.3 is 15.2 Å². The molecular formula is C12H16ClNO2. The molecular weight excluding hydrogens is 226 g/mol. The zero-order chi connectivity index (χ0) is 11.8. The summed E-state index contributed by atoms with van der Waals surface area (Å²) in [6, 6.07) is 3.63. The Morgan fingerprint density at radius 2 is 2.00 bits per heavy atom. The van der Waals surface area contributed by atoms with Gasteiger partial charge in [-0.15, -0.1) is 0 Å². The monoisotopic (exact) mass is 241 g/mol. The van der Waals surface area contributed by atoms with Crippen molar-refractivity contribution in [2.75, 3.05) is 14.2 Å². The quantitative estimate of drug-likeness (QED) is 0.881. The van der Waals surface area contributed by atoms with E-state index in [1.807, 2.05) is 6.07 Å². The summed E-state index contributed by atoms with van der Waals surface area (Å²) in [4.78, 5) is 0. The van der Waals surface area contributed by atoms with Crippen molar-refractivity contribution in [1.82, 2.24) is 0 Å². The van der Waals surface area contributed by atoms with Crippen LogP contribution in [0.3, 0.4) is 0 Å². The molecule has 0 atom stereocenters. The second-order valence-electron chi connectivity index (χ2n) is 4.30.